The van der Waals surface area contributed by atoms with Gasteiger partial charge >= 0.3 is 0 Å². The van der Waals surface area contributed by atoms with Crippen molar-refractivity contribution in [3.8, 4) is 0 Å². The van der Waals surface area contributed by atoms with Crippen molar-refractivity contribution >= 4 is 29.3 Å². The van der Waals surface area contributed by atoms with Gasteiger partial charge in [0, 0.05) is 24.2 Å². The van der Waals surface area contributed by atoms with Crippen LogP contribution in [0.4, 0.5) is 10.1 Å². The second kappa shape index (κ2) is 6.11. The first-order valence-corrected chi connectivity index (χ1v) is 5.87. The third-order valence-electron chi connectivity index (χ3n) is 2.32. The maximum absolute atomic E-state index is 12.9. The van der Waals surface area contributed by atoms with Gasteiger partial charge in [0.1, 0.15) is 5.82 Å². The third-order valence-corrected chi connectivity index (χ3v) is 2.61. The summed E-state index contributed by atoms with van der Waals surface area (Å²) >= 11 is 5.62. The molecule has 0 fully saturated rings. The average Bonchev–Trinajstić information content (AvgIpc) is 2.42. The van der Waals surface area contributed by atoms with E-state index in [1.54, 1.807) is 30.6 Å². The van der Waals surface area contributed by atoms with E-state index in [0.717, 1.165) is 5.56 Å². The molecule has 1 heterocycles. The first-order chi connectivity index (χ1) is 9.15. The minimum atomic E-state index is -0.521. The van der Waals surface area contributed by atoms with Crippen LogP contribution in [0.5, 0.6) is 0 Å². The molecule has 0 saturated heterocycles. The minimum absolute atomic E-state index is 0.0316. The van der Waals surface area contributed by atoms with Gasteiger partial charge in [0.15, 0.2) is 0 Å². The van der Waals surface area contributed by atoms with Crippen LogP contribution in [0.2, 0.25) is 5.02 Å². The highest BCUT2D eigenvalue weighted by Crippen LogP contribution is 2.19. The van der Waals surface area contributed by atoms with Crippen molar-refractivity contribution in [2.24, 2.45) is 0 Å². The van der Waals surface area contributed by atoms with Gasteiger partial charge in [-0.2, -0.15) is 0 Å². The van der Waals surface area contributed by atoms with Crippen molar-refractivity contribution < 1.29 is 9.18 Å². The number of amides is 1. The molecule has 0 bridgehead atoms. The molecule has 0 atom stereocenters. The van der Waals surface area contributed by atoms with Gasteiger partial charge in [-0.3, -0.25) is 9.78 Å². The van der Waals surface area contributed by atoms with Crippen LogP contribution >= 0.6 is 11.6 Å². The molecule has 2 rings (SSSR count). The lowest BCUT2D eigenvalue weighted by Crippen LogP contribution is -2.07. The lowest BCUT2D eigenvalue weighted by Gasteiger charge is -2.02. The van der Waals surface area contributed by atoms with E-state index in [1.807, 2.05) is 0 Å². The first-order valence-electron chi connectivity index (χ1n) is 5.49. The number of carbonyl (C=O) groups excluding carboxylic acids is 1. The third kappa shape index (κ3) is 3.89. The van der Waals surface area contributed by atoms with E-state index < -0.39 is 5.82 Å². The molecule has 0 unspecified atom stereocenters. The van der Waals surface area contributed by atoms with Crippen molar-refractivity contribution in [3.05, 3.63) is 65.2 Å². The number of carbonyl (C=O) groups is 1. The van der Waals surface area contributed by atoms with Crippen molar-refractivity contribution in [1.29, 1.82) is 0 Å². The van der Waals surface area contributed by atoms with E-state index in [-0.39, 0.29) is 10.9 Å². The Hall–Kier alpha value is -2.20. The molecule has 1 N–H and O–H groups in total. The lowest BCUT2D eigenvalue weighted by molar-refractivity contribution is -0.111. The highest BCUT2D eigenvalue weighted by Gasteiger charge is 2.02. The maximum atomic E-state index is 12.9. The summed E-state index contributed by atoms with van der Waals surface area (Å²) in [6.45, 7) is 0. The summed E-state index contributed by atoms with van der Waals surface area (Å²) < 4.78 is 12.9. The Bertz CT molecular complexity index is 614. The Labute approximate surface area is 114 Å². The fourth-order valence-corrected chi connectivity index (χ4v) is 1.58. The monoisotopic (exact) mass is 276 g/mol. The van der Waals surface area contributed by atoms with Crippen molar-refractivity contribution in [2.45, 2.75) is 0 Å². The number of rotatable bonds is 3. The van der Waals surface area contributed by atoms with Crippen LogP contribution in [0.15, 0.2) is 48.8 Å². The molecule has 0 aliphatic heterocycles. The van der Waals surface area contributed by atoms with Gasteiger partial charge in [-0.05, 0) is 42.0 Å². The highest BCUT2D eigenvalue weighted by atomic mass is 35.5. The van der Waals surface area contributed by atoms with Crippen LogP contribution in [0, 0.1) is 5.82 Å². The zero-order chi connectivity index (χ0) is 13.7. The van der Waals surface area contributed by atoms with Gasteiger partial charge in [-0.15, -0.1) is 0 Å². The molecule has 19 heavy (non-hydrogen) atoms. The van der Waals surface area contributed by atoms with Crippen molar-refractivity contribution in [3.63, 3.8) is 0 Å². The fourth-order valence-electron chi connectivity index (χ4n) is 1.40. The Morgan fingerprint density at radius 3 is 2.68 bits per heavy atom. The Kier molecular flexibility index (Phi) is 4.26. The number of halogens is 2. The van der Waals surface area contributed by atoms with Gasteiger partial charge < -0.3 is 5.32 Å². The molecule has 1 aromatic heterocycles. The molecule has 3 nitrogen and oxygen atoms in total. The Morgan fingerprint density at radius 1 is 1.26 bits per heavy atom. The van der Waals surface area contributed by atoms with Crippen molar-refractivity contribution in [2.75, 3.05) is 5.32 Å². The second-order valence-electron chi connectivity index (χ2n) is 3.73. The van der Waals surface area contributed by atoms with Crippen LogP contribution in [0.1, 0.15) is 5.56 Å². The second-order valence-corrected chi connectivity index (χ2v) is 4.14. The Balaban J connectivity index is 2.01. The number of nitrogens with zero attached hydrogens (tertiary/aromatic N) is 1. The van der Waals surface area contributed by atoms with E-state index in [9.17, 15) is 9.18 Å². The predicted molar refractivity (Wildman–Crippen MR) is 73.3 cm³/mol. The molecule has 0 aliphatic carbocycles. The standard InChI is InChI=1S/C14H10ClFN2O/c15-12-9-11(2-3-13(12)16)18-14(19)4-1-10-5-7-17-8-6-10/h1-9H,(H,18,19)/b4-1+. The Morgan fingerprint density at radius 2 is 2.00 bits per heavy atom. The maximum Gasteiger partial charge on any atom is 0.248 e. The van der Waals surface area contributed by atoms with Gasteiger partial charge in [-0.25, -0.2) is 4.39 Å². The van der Waals surface area contributed by atoms with E-state index >= 15 is 0 Å². The summed E-state index contributed by atoms with van der Waals surface area (Å²) in [5.74, 6) is -0.841. The van der Waals surface area contributed by atoms with E-state index in [0.29, 0.717) is 5.69 Å². The fraction of sp³-hybridized carbons (Fsp3) is 0. The van der Waals surface area contributed by atoms with Crippen molar-refractivity contribution in [1.82, 2.24) is 4.98 Å². The quantitative estimate of drug-likeness (QED) is 0.872. The molecular formula is C14H10ClFN2O. The van der Waals surface area contributed by atoms with Crippen LogP contribution in [-0.2, 0) is 4.79 Å². The van der Waals surface area contributed by atoms with E-state index in [4.69, 9.17) is 11.6 Å². The molecule has 5 heteroatoms. The molecular weight excluding hydrogens is 267 g/mol. The SMILES string of the molecule is O=C(/C=C/c1ccncc1)Nc1ccc(F)c(Cl)c1. The topological polar surface area (TPSA) is 42.0 Å². The van der Waals surface area contributed by atoms with E-state index in [1.165, 1.54) is 24.3 Å². The van der Waals surface area contributed by atoms with Crippen LogP contribution < -0.4 is 5.32 Å². The average molecular weight is 277 g/mol. The largest absolute Gasteiger partial charge is 0.322 e. The predicted octanol–water partition coefficient (Wildman–Crippen LogP) is 3.53. The summed E-state index contributed by atoms with van der Waals surface area (Å²) in [5.41, 5.74) is 1.30. The molecule has 0 saturated carbocycles. The van der Waals surface area contributed by atoms with E-state index in [2.05, 4.69) is 10.3 Å². The number of aromatic nitrogens is 1. The van der Waals surface area contributed by atoms with Crippen LogP contribution in [0.3, 0.4) is 0 Å². The number of hydrogen-bond acceptors (Lipinski definition) is 2. The number of benzene rings is 1. The summed E-state index contributed by atoms with van der Waals surface area (Å²) in [4.78, 5) is 15.5. The summed E-state index contributed by atoms with van der Waals surface area (Å²) in [6.07, 6.45) is 6.31. The molecule has 0 aliphatic rings. The molecule has 2 aromatic rings. The minimum Gasteiger partial charge on any atom is -0.322 e. The summed E-state index contributed by atoms with van der Waals surface area (Å²) in [5, 5.41) is 2.56. The summed E-state index contributed by atoms with van der Waals surface area (Å²) in [6, 6.07) is 7.55. The molecule has 0 radical (unpaired) electrons. The van der Waals surface area contributed by atoms with Gasteiger partial charge in [0.05, 0.1) is 5.02 Å². The van der Waals surface area contributed by atoms with Gasteiger partial charge in [0.25, 0.3) is 0 Å². The number of pyridine rings is 1. The molecule has 96 valence electrons. The molecule has 1 aromatic carbocycles. The summed E-state index contributed by atoms with van der Waals surface area (Å²) in [7, 11) is 0. The lowest BCUT2D eigenvalue weighted by atomic mass is 10.2. The normalized spacial score (nSPS) is 10.6. The van der Waals surface area contributed by atoms with Gasteiger partial charge in [0.2, 0.25) is 5.91 Å². The smallest absolute Gasteiger partial charge is 0.248 e. The van der Waals surface area contributed by atoms with Crippen LogP contribution in [-0.4, -0.2) is 10.9 Å². The number of anilines is 1. The van der Waals surface area contributed by atoms with Gasteiger partial charge in [-0.1, -0.05) is 11.6 Å². The number of hydrogen-bond donors (Lipinski definition) is 1. The zero-order valence-electron chi connectivity index (χ0n) is 9.81. The number of nitrogens with one attached hydrogen (secondary N) is 1. The zero-order valence-corrected chi connectivity index (χ0v) is 10.6. The molecule has 1 amide bonds. The van der Waals surface area contributed by atoms with Crippen LogP contribution in [0.25, 0.3) is 6.08 Å². The highest BCUT2D eigenvalue weighted by molar-refractivity contribution is 6.31. The first kappa shape index (κ1) is 13.2. The molecule has 0 spiro atoms.